The highest BCUT2D eigenvalue weighted by Crippen LogP contribution is 2.18. The second-order valence-electron chi connectivity index (χ2n) is 6.96. The summed E-state index contributed by atoms with van der Waals surface area (Å²) in [6.45, 7) is 4.94. The number of hydrogen-bond acceptors (Lipinski definition) is 4. The second kappa shape index (κ2) is 9.06. The van der Waals surface area contributed by atoms with E-state index in [4.69, 9.17) is 0 Å². The highest BCUT2D eigenvalue weighted by Gasteiger charge is 2.16. The molecule has 3 rings (SSSR count). The first kappa shape index (κ1) is 20.8. The summed E-state index contributed by atoms with van der Waals surface area (Å²) in [5.74, 6) is 0. The molecule has 0 saturated carbocycles. The monoisotopic (exact) mass is 415 g/mol. The number of imidazole rings is 1. The molecular formula is C20H25N5O3S. The van der Waals surface area contributed by atoms with Gasteiger partial charge in [-0.15, -0.1) is 0 Å². The van der Waals surface area contributed by atoms with Crippen LogP contribution in [0.3, 0.4) is 0 Å². The molecule has 0 saturated heterocycles. The average Bonchev–Trinajstić information content (AvgIpc) is 3.09. The number of carbonyl (C=O) groups is 1. The lowest BCUT2D eigenvalue weighted by molar-refractivity contribution is 0.240. The number of rotatable bonds is 8. The number of sulfonamides is 1. The quantitative estimate of drug-likeness (QED) is 0.525. The summed E-state index contributed by atoms with van der Waals surface area (Å²) in [6, 6.07) is 14.1. The lowest BCUT2D eigenvalue weighted by Gasteiger charge is -2.10. The van der Waals surface area contributed by atoms with E-state index in [2.05, 4.69) is 20.3 Å². The number of nitrogens with zero attached hydrogens (tertiary/aromatic N) is 2. The van der Waals surface area contributed by atoms with Gasteiger partial charge >= 0.3 is 6.03 Å². The minimum absolute atomic E-state index is 0.183. The fourth-order valence-corrected chi connectivity index (χ4v) is 4.17. The zero-order chi connectivity index (χ0) is 20.9. The molecule has 0 aliphatic rings. The summed E-state index contributed by atoms with van der Waals surface area (Å²) in [5.41, 5.74) is 2.42. The van der Waals surface area contributed by atoms with E-state index in [1.165, 1.54) is 0 Å². The maximum atomic E-state index is 12.3. The fourth-order valence-electron chi connectivity index (χ4n) is 2.90. The van der Waals surface area contributed by atoms with Gasteiger partial charge in [-0.2, -0.15) is 0 Å². The smallest absolute Gasteiger partial charge is 0.315 e. The Kier molecular flexibility index (Phi) is 6.50. The molecule has 3 aromatic rings. The third-order valence-corrected chi connectivity index (χ3v) is 5.88. The predicted molar refractivity (Wildman–Crippen MR) is 112 cm³/mol. The van der Waals surface area contributed by atoms with Crippen LogP contribution in [0.15, 0.2) is 59.8 Å². The minimum Gasteiger partial charge on any atom is -0.336 e. The highest BCUT2D eigenvalue weighted by atomic mass is 32.2. The topological polar surface area (TPSA) is 105 Å². The van der Waals surface area contributed by atoms with Crippen LogP contribution in [0.4, 0.5) is 4.79 Å². The molecule has 0 atom stereocenters. The Balaban J connectivity index is 1.56. The van der Waals surface area contributed by atoms with E-state index in [-0.39, 0.29) is 17.0 Å². The predicted octanol–water partition coefficient (Wildman–Crippen LogP) is 2.22. The van der Waals surface area contributed by atoms with Crippen LogP contribution >= 0.6 is 0 Å². The molecule has 0 unspecified atom stereocenters. The van der Waals surface area contributed by atoms with E-state index in [1.807, 2.05) is 34.9 Å². The molecule has 29 heavy (non-hydrogen) atoms. The van der Waals surface area contributed by atoms with E-state index in [1.54, 1.807) is 38.4 Å². The van der Waals surface area contributed by atoms with Crippen LogP contribution in [0.5, 0.6) is 0 Å². The van der Waals surface area contributed by atoms with Gasteiger partial charge < -0.3 is 15.2 Å². The first-order valence-electron chi connectivity index (χ1n) is 9.38. The van der Waals surface area contributed by atoms with Crippen LogP contribution in [0.25, 0.3) is 11.0 Å². The minimum atomic E-state index is -3.56. The van der Waals surface area contributed by atoms with Gasteiger partial charge in [0.15, 0.2) is 0 Å². The van der Waals surface area contributed by atoms with Gasteiger partial charge in [0.1, 0.15) is 0 Å². The lowest BCUT2D eigenvalue weighted by Crippen LogP contribution is -2.36. The van der Waals surface area contributed by atoms with Crippen molar-refractivity contribution >= 4 is 27.1 Å². The van der Waals surface area contributed by atoms with Gasteiger partial charge in [0.2, 0.25) is 10.0 Å². The molecule has 8 nitrogen and oxygen atoms in total. The largest absolute Gasteiger partial charge is 0.336 e. The molecule has 0 aliphatic carbocycles. The molecule has 0 bridgehead atoms. The Labute approximate surface area is 170 Å². The van der Waals surface area contributed by atoms with E-state index in [9.17, 15) is 13.2 Å². The SMILES string of the molecule is CC(C)NS(=O)(=O)c1ccc2c(c1)ncn2CCNC(=O)NCc1ccccc1. The van der Waals surface area contributed by atoms with Gasteiger partial charge in [-0.3, -0.25) is 0 Å². The Morgan fingerprint density at radius 2 is 1.86 bits per heavy atom. The molecular weight excluding hydrogens is 390 g/mol. The zero-order valence-corrected chi connectivity index (χ0v) is 17.2. The van der Waals surface area contributed by atoms with Gasteiger partial charge in [-0.25, -0.2) is 22.9 Å². The number of carbonyl (C=O) groups excluding carboxylic acids is 1. The van der Waals surface area contributed by atoms with Crippen LogP contribution in [0.1, 0.15) is 19.4 Å². The number of nitrogens with one attached hydrogen (secondary N) is 3. The normalized spacial score (nSPS) is 11.7. The Morgan fingerprint density at radius 3 is 2.59 bits per heavy atom. The van der Waals surface area contributed by atoms with Crippen molar-refractivity contribution in [1.82, 2.24) is 24.9 Å². The van der Waals surface area contributed by atoms with E-state index < -0.39 is 10.0 Å². The number of benzene rings is 2. The molecule has 1 heterocycles. The van der Waals surface area contributed by atoms with Crippen LogP contribution < -0.4 is 15.4 Å². The van der Waals surface area contributed by atoms with E-state index in [0.29, 0.717) is 25.2 Å². The summed E-state index contributed by atoms with van der Waals surface area (Å²) in [7, 11) is -3.56. The summed E-state index contributed by atoms with van der Waals surface area (Å²) >= 11 is 0. The molecule has 0 aliphatic heterocycles. The van der Waals surface area contributed by atoms with Crippen molar-refractivity contribution in [1.29, 1.82) is 0 Å². The summed E-state index contributed by atoms with van der Waals surface area (Å²) in [4.78, 5) is 16.4. The Bertz CT molecular complexity index is 1080. The average molecular weight is 416 g/mol. The van der Waals surface area contributed by atoms with E-state index in [0.717, 1.165) is 11.1 Å². The number of fused-ring (bicyclic) bond motifs is 1. The van der Waals surface area contributed by atoms with Crippen LogP contribution in [0, 0.1) is 0 Å². The number of hydrogen-bond donors (Lipinski definition) is 3. The van der Waals surface area contributed by atoms with Gasteiger partial charge in [-0.05, 0) is 37.6 Å². The van der Waals surface area contributed by atoms with Crippen molar-refractivity contribution in [2.75, 3.05) is 6.54 Å². The highest BCUT2D eigenvalue weighted by molar-refractivity contribution is 7.89. The van der Waals surface area contributed by atoms with Crippen molar-refractivity contribution < 1.29 is 13.2 Å². The zero-order valence-electron chi connectivity index (χ0n) is 16.4. The third-order valence-electron chi connectivity index (χ3n) is 4.23. The molecule has 3 N–H and O–H groups in total. The van der Waals surface area contributed by atoms with E-state index >= 15 is 0 Å². The number of aromatic nitrogens is 2. The van der Waals surface area contributed by atoms with Crippen LogP contribution in [0.2, 0.25) is 0 Å². The molecule has 0 radical (unpaired) electrons. The lowest BCUT2D eigenvalue weighted by atomic mass is 10.2. The number of amides is 2. The van der Waals surface area contributed by atoms with Crippen molar-refractivity contribution in [3.63, 3.8) is 0 Å². The maximum absolute atomic E-state index is 12.3. The summed E-state index contributed by atoms with van der Waals surface area (Å²) < 4.78 is 29.0. The molecule has 9 heteroatoms. The van der Waals surface area contributed by atoms with Gasteiger partial charge in [-0.1, -0.05) is 30.3 Å². The summed E-state index contributed by atoms with van der Waals surface area (Å²) in [5, 5.41) is 5.62. The molecule has 2 aromatic carbocycles. The molecule has 1 aromatic heterocycles. The van der Waals surface area contributed by atoms with Gasteiger partial charge in [0.25, 0.3) is 0 Å². The van der Waals surface area contributed by atoms with Crippen molar-refractivity contribution in [3.8, 4) is 0 Å². The molecule has 0 spiro atoms. The summed E-state index contributed by atoms with van der Waals surface area (Å²) in [6.07, 6.45) is 1.64. The first-order chi connectivity index (χ1) is 13.8. The first-order valence-corrected chi connectivity index (χ1v) is 10.9. The van der Waals surface area contributed by atoms with Crippen LogP contribution in [-0.2, 0) is 23.1 Å². The van der Waals surface area contributed by atoms with Crippen molar-refractivity contribution in [2.45, 2.75) is 37.9 Å². The molecule has 0 fully saturated rings. The molecule has 2 amide bonds. The van der Waals surface area contributed by atoms with Gasteiger partial charge in [0, 0.05) is 25.7 Å². The Hall–Kier alpha value is -2.91. The van der Waals surface area contributed by atoms with Crippen molar-refractivity contribution in [3.05, 3.63) is 60.4 Å². The molecule has 154 valence electrons. The number of urea groups is 1. The van der Waals surface area contributed by atoms with Crippen LogP contribution in [-0.4, -0.2) is 36.6 Å². The standard InChI is InChI=1S/C20H25N5O3S/c1-15(2)24-29(27,28)17-8-9-19-18(12-17)23-14-25(19)11-10-21-20(26)22-13-16-6-4-3-5-7-16/h3-9,12,14-15,24H,10-11,13H2,1-2H3,(H2,21,22,26). The van der Waals surface area contributed by atoms with Crippen molar-refractivity contribution in [2.24, 2.45) is 0 Å². The second-order valence-corrected chi connectivity index (χ2v) is 8.67. The van der Waals surface area contributed by atoms with Gasteiger partial charge in [0.05, 0.1) is 22.3 Å². The Morgan fingerprint density at radius 1 is 1.10 bits per heavy atom. The fraction of sp³-hybridized carbons (Fsp3) is 0.300. The maximum Gasteiger partial charge on any atom is 0.315 e. The third kappa shape index (κ3) is 5.55.